The smallest absolute Gasteiger partial charge is 0.411 e. The largest absolute Gasteiger partial charge is 0.479 e. The molecule has 0 spiro atoms. The Labute approximate surface area is 113 Å². The van der Waals surface area contributed by atoms with Crippen LogP contribution in [0.2, 0.25) is 0 Å². The van der Waals surface area contributed by atoms with Gasteiger partial charge in [0.15, 0.2) is 0 Å². The molecule has 1 fully saturated rings. The highest BCUT2D eigenvalue weighted by Gasteiger charge is 2.57. The van der Waals surface area contributed by atoms with Crippen molar-refractivity contribution in [3.8, 4) is 0 Å². The standard InChI is InChI=1S/C13H23NO5/c1-6-14(11(17)19-12(2,3)4)13(10(15)16)7-9(8-13)18-5/h9H,6-8H2,1-5H3,(H,15,16). The summed E-state index contributed by atoms with van der Waals surface area (Å²) in [5.41, 5.74) is -1.84. The van der Waals surface area contributed by atoms with Crippen molar-refractivity contribution >= 4 is 12.1 Å². The van der Waals surface area contributed by atoms with Crippen LogP contribution in [0.5, 0.6) is 0 Å². The van der Waals surface area contributed by atoms with Crippen LogP contribution in [0.4, 0.5) is 4.79 Å². The Hall–Kier alpha value is -1.30. The van der Waals surface area contributed by atoms with Crippen LogP contribution >= 0.6 is 0 Å². The van der Waals surface area contributed by atoms with E-state index in [9.17, 15) is 14.7 Å². The molecule has 19 heavy (non-hydrogen) atoms. The molecule has 110 valence electrons. The Kier molecular flexibility index (Phi) is 4.45. The third-order valence-corrected chi connectivity index (χ3v) is 3.31. The Morgan fingerprint density at radius 2 is 1.89 bits per heavy atom. The average Bonchev–Trinajstić information content (AvgIpc) is 2.18. The van der Waals surface area contributed by atoms with E-state index in [1.165, 1.54) is 4.90 Å². The molecule has 1 aliphatic carbocycles. The minimum Gasteiger partial charge on any atom is -0.479 e. The molecule has 1 aliphatic rings. The van der Waals surface area contributed by atoms with E-state index >= 15 is 0 Å². The molecule has 0 radical (unpaired) electrons. The lowest BCUT2D eigenvalue weighted by Crippen LogP contribution is -2.66. The van der Waals surface area contributed by atoms with Gasteiger partial charge in [-0.05, 0) is 27.7 Å². The molecule has 0 aromatic heterocycles. The van der Waals surface area contributed by atoms with Gasteiger partial charge in [-0.1, -0.05) is 0 Å². The van der Waals surface area contributed by atoms with Crippen LogP contribution in [0.1, 0.15) is 40.5 Å². The van der Waals surface area contributed by atoms with Gasteiger partial charge in [0.1, 0.15) is 11.1 Å². The number of carbonyl (C=O) groups is 2. The highest BCUT2D eigenvalue weighted by molar-refractivity contribution is 5.86. The third-order valence-electron chi connectivity index (χ3n) is 3.31. The summed E-state index contributed by atoms with van der Waals surface area (Å²) in [6, 6.07) is 0. The molecule has 0 aromatic carbocycles. The number of nitrogens with zero attached hydrogens (tertiary/aromatic N) is 1. The van der Waals surface area contributed by atoms with Gasteiger partial charge in [-0.25, -0.2) is 9.59 Å². The van der Waals surface area contributed by atoms with E-state index in [0.717, 1.165) is 0 Å². The molecule has 0 aromatic rings. The molecule has 6 nitrogen and oxygen atoms in total. The van der Waals surface area contributed by atoms with E-state index in [4.69, 9.17) is 9.47 Å². The molecule has 0 unspecified atom stereocenters. The maximum Gasteiger partial charge on any atom is 0.411 e. The monoisotopic (exact) mass is 273 g/mol. The normalized spacial score (nSPS) is 26.5. The number of aliphatic carboxylic acids is 1. The Bertz CT molecular complexity index is 355. The maximum atomic E-state index is 12.1. The lowest BCUT2D eigenvalue weighted by molar-refractivity contribution is -0.169. The molecule has 0 bridgehead atoms. The average molecular weight is 273 g/mol. The van der Waals surface area contributed by atoms with E-state index in [1.807, 2.05) is 0 Å². The van der Waals surface area contributed by atoms with Crippen molar-refractivity contribution in [1.82, 2.24) is 4.90 Å². The molecule has 0 atom stereocenters. The van der Waals surface area contributed by atoms with Gasteiger partial charge in [0, 0.05) is 26.5 Å². The van der Waals surface area contributed by atoms with Crippen molar-refractivity contribution in [2.45, 2.75) is 57.8 Å². The molecule has 1 amide bonds. The minimum atomic E-state index is -1.20. The number of hydrogen-bond donors (Lipinski definition) is 1. The minimum absolute atomic E-state index is 0.118. The van der Waals surface area contributed by atoms with Crippen molar-refractivity contribution in [2.75, 3.05) is 13.7 Å². The van der Waals surface area contributed by atoms with Gasteiger partial charge >= 0.3 is 12.1 Å². The zero-order valence-electron chi connectivity index (χ0n) is 12.2. The topological polar surface area (TPSA) is 76.1 Å². The Morgan fingerprint density at radius 1 is 1.37 bits per heavy atom. The fraction of sp³-hybridized carbons (Fsp3) is 0.846. The first-order chi connectivity index (χ1) is 8.66. The summed E-state index contributed by atoms with van der Waals surface area (Å²) in [6.45, 7) is 7.30. The summed E-state index contributed by atoms with van der Waals surface area (Å²) in [6.07, 6.45) is -0.114. The molecule has 1 N–H and O–H groups in total. The lowest BCUT2D eigenvalue weighted by Gasteiger charge is -2.49. The van der Waals surface area contributed by atoms with Gasteiger partial charge < -0.3 is 14.6 Å². The number of hydrogen-bond acceptors (Lipinski definition) is 4. The van der Waals surface area contributed by atoms with Gasteiger partial charge in [-0.15, -0.1) is 0 Å². The number of carbonyl (C=O) groups excluding carboxylic acids is 1. The van der Waals surface area contributed by atoms with E-state index in [1.54, 1.807) is 34.8 Å². The highest BCUT2D eigenvalue weighted by Crippen LogP contribution is 2.40. The molecule has 0 aliphatic heterocycles. The number of amides is 1. The first-order valence-electron chi connectivity index (χ1n) is 6.43. The maximum absolute atomic E-state index is 12.1. The van der Waals surface area contributed by atoms with E-state index in [2.05, 4.69) is 0 Å². The summed E-state index contributed by atoms with van der Waals surface area (Å²) in [4.78, 5) is 24.9. The van der Waals surface area contributed by atoms with Crippen LogP contribution in [-0.2, 0) is 14.3 Å². The summed E-state index contributed by atoms with van der Waals surface area (Å²) in [5.74, 6) is -1.01. The Morgan fingerprint density at radius 3 is 2.21 bits per heavy atom. The zero-order valence-corrected chi connectivity index (χ0v) is 12.2. The molecule has 1 saturated carbocycles. The number of methoxy groups -OCH3 is 1. The zero-order chi connectivity index (χ0) is 14.8. The van der Waals surface area contributed by atoms with Crippen LogP contribution in [0.15, 0.2) is 0 Å². The van der Waals surface area contributed by atoms with Crippen LogP contribution in [0.3, 0.4) is 0 Å². The summed E-state index contributed by atoms with van der Waals surface area (Å²) in [7, 11) is 1.54. The predicted molar refractivity (Wildman–Crippen MR) is 69.0 cm³/mol. The van der Waals surface area contributed by atoms with Gasteiger partial charge in [0.05, 0.1) is 6.10 Å². The Balaban J connectivity index is 2.88. The van der Waals surface area contributed by atoms with E-state index in [0.29, 0.717) is 12.8 Å². The number of ether oxygens (including phenoxy) is 2. The van der Waals surface area contributed by atoms with Crippen molar-refractivity contribution in [3.05, 3.63) is 0 Å². The van der Waals surface area contributed by atoms with Crippen LogP contribution in [0, 0.1) is 0 Å². The summed E-state index contributed by atoms with van der Waals surface area (Å²) >= 11 is 0. The molecule has 0 heterocycles. The number of carboxylic acids is 1. The fourth-order valence-corrected chi connectivity index (χ4v) is 2.29. The van der Waals surface area contributed by atoms with Gasteiger partial charge in [-0.2, -0.15) is 0 Å². The first-order valence-corrected chi connectivity index (χ1v) is 6.43. The number of likely N-dealkylation sites (N-methyl/N-ethyl adjacent to an activating group) is 1. The molecule has 0 saturated heterocycles. The molecule has 6 heteroatoms. The first kappa shape index (κ1) is 15.8. The summed E-state index contributed by atoms with van der Waals surface area (Å²) in [5, 5.41) is 9.44. The van der Waals surface area contributed by atoms with Crippen LogP contribution in [0.25, 0.3) is 0 Å². The predicted octanol–water partition coefficient (Wildman–Crippen LogP) is 1.88. The van der Waals surface area contributed by atoms with Gasteiger partial charge in [0.2, 0.25) is 0 Å². The quantitative estimate of drug-likeness (QED) is 0.846. The number of rotatable bonds is 4. The molecular weight excluding hydrogens is 250 g/mol. The van der Waals surface area contributed by atoms with Gasteiger partial charge in [0.25, 0.3) is 0 Å². The van der Waals surface area contributed by atoms with Crippen molar-refractivity contribution in [1.29, 1.82) is 0 Å². The fourth-order valence-electron chi connectivity index (χ4n) is 2.29. The van der Waals surface area contributed by atoms with Gasteiger partial charge in [-0.3, -0.25) is 4.90 Å². The second kappa shape index (κ2) is 5.36. The van der Waals surface area contributed by atoms with Crippen molar-refractivity contribution in [3.63, 3.8) is 0 Å². The van der Waals surface area contributed by atoms with Crippen molar-refractivity contribution < 1.29 is 24.2 Å². The molecule has 1 rings (SSSR count). The van der Waals surface area contributed by atoms with Crippen LogP contribution in [-0.4, -0.2) is 53.0 Å². The second-order valence-electron chi connectivity index (χ2n) is 5.83. The third kappa shape index (κ3) is 3.18. The highest BCUT2D eigenvalue weighted by atomic mass is 16.6. The van der Waals surface area contributed by atoms with Crippen molar-refractivity contribution in [2.24, 2.45) is 0 Å². The summed E-state index contributed by atoms with van der Waals surface area (Å²) < 4.78 is 10.4. The SMILES string of the molecule is CCN(C(=O)OC(C)(C)C)C1(C(=O)O)CC(OC)C1. The molecular formula is C13H23NO5. The van der Waals surface area contributed by atoms with E-state index < -0.39 is 23.2 Å². The second-order valence-corrected chi connectivity index (χ2v) is 5.83. The van der Waals surface area contributed by atoms with E-state index in [-0.39, 0.29) is 12.6 Å². The lowest BCUT2D eigenvalue weighted by atomic mass is 9.73. The number of carboxylic acid groups (broad SMARTS) is 1. The van der Waals surface area contributed by atoms with Crippen LogP contribution < -0.4 is 0 Å².